The third-order valence-corrected chi connectivity index (χ3v) is 5.71. The first-order chi connectivity index (χ1) is 15.4. The minimum Gasteiger partial charge on any atom is -0.496 e. The average Bonchev–Trinajstić information content (AvgIpc) is 3.21. The second-order valence-corrected chi connectivity index (χ2v) is 8.25. The molecule has 162 valence electrons. The van der Waals surface area contributed by atoms with E-state index in [9.17, 15) is 4.79 Å². The summed E-state index contributed by atoms with van der Waals surface area (Å²) < 4.78 is 11.3. The minimum atomic E-state index is -0.190. The van der Waals surface area contributed by atoms with Crippen molar-refractivity contribution in [1.82, 2.24) is 5.32 Å². The second-order valence-electron chi connectivity index (χ2n) is 7.38. The van der Waals surface area contributed by atoms with Crippen molar-refractivity contribution in [2.45, 2.75) is 13.5 Å². The lowest BCUT2D eigenvalue weighted by Crippen LogP contribution is -2.20. The van der Waals surface area contributed by atoms with Gasteiger partial charge in [0, 0.05) is 45.2 Å². The van der Waals surface area contributed by atoms with Crippen LogP contribution in [-0.2, 0) is 11.3 Å². The van der Waals surface area contributed by atoms with Crippen LogP contribution in [0.3, 0.4) is 0 Å². The molecular formula is C26H21Cl2NO3. The van der Waals surface area contributed by atoms with Crippen LogP contribution in [-0.4, -0.2) is 13.0 Å². The van der Waals surface area contributed by atoms with E-state index in [1.54, 1.807) is 31.6 Å². The number of allylic oxidation sites excluding steroid dienone is 1. The van der Waals surface area contributed by atoms with Crippen LogP contribution in [0.1, 0.15) is 18.1 Å². The number of ether oxygens (including phenoxy) is 1. The highest BCUT2D eigenvalue weighted by molar-refractivity contribution is 6.30. The molecule has 0 atom stereocenters. The van der Waals surface area contributed by atoms with Crippen LogP contribution in [0.2, 0.25) is 10.0 Å². The fourth-order valence-electron chi connectivity index (χ4n) is 3.50. The number of amides is 1. The van der Waals surface area contributed by atoms with Crippen molar-refractivity contribution in [1.29, 1.82) is 0 Å². The van der Waals surface area contributed by atoms with Crippen molar-refractivity contribution in [2.75, 3.05) is 7.11 Å². The number of fused-ring (bicyclic) bond motifs is 1. The van der Waals surface area contributed by atoms with Crippen molar-refractivity contribution in [2.24, 2.45) is 0 Å². The predicted molar refractivity (Wildman–Crippen MR) is 130 cm³/mol. The summed E-state index contributed by atoms with van der Waals surface area (Å²) >= 11 is 11.9. The van der Waals surface area contributed by atoms with Crippen molar-refractivity contribution in [3.8, 4) is 16.9 Å². The number of methoxy groups -OCH3 is 1. The Balaban J connectivity index is 1.62. The Morgan fingerprint density at radius 1 is 1.03 bits per heavy atom. The van der Waals surface area contributed by atoms with E-state index in [1.165, 1.54) is 0 Å². The Labute approximate surface area is 196 Å². The molecule has 1 N–H and O–H groups in total. The molecule has 0 bridgehead atoms. The molecule has 0 radical (unpaired) electrons. The lowest BCUT2D eigenvalue weighted by atomic mass is 9.99. The summed E-state index contributed by atoms with van der Waals surface area (Å²) in [5, 5.41) is 5.17. The van der Waals surface area contributed by atoms with Gasteiger partial charge in [-0.1, -0.05) is 47.5 Å². The Morgan fingerprint density at radius 3 is 2.34 bits per heavy atom. The first-order valence-corrected chi connectivity index (χ1v) is 10.8. The maximum absolute atomic E-state index is 12.5. The first kappa shape index (κ1) is 22.0. The molecule has 4 nitrogen and oxygen atoms in total. The van der Waals surface area contributed by atoms with E-state index in [4.69, 9.17) is 32.4 Å². The van der Waals surface area contributed by atoms with Crippen LogP contribution in [0.15, 0.2) is 77.4 Å². The Hall–Kier alpha value is -3.21. The number of benzene rings is 3. The van der Waals surface area contributed by atoms with E-state index in [0.717, 1.165) is 33.2 Å². The van der Waals surface area contributed by atoms with Gasteiger partial charge in [0.1, 0.15) is 11.3 Å². The van der Waals surface area contributed by atoms with Crippen molar-refractivity contribution >= 4 is 45.7 Å². The van der Waals surface area contributed by atoms with Gasteiger partial charge in [-0.25, -0.2) is 0 Å². The zero-order valence-corrected chi connectivity index (χ0v) is 19.1. The molecule has 4 aromatic rings. The molecule has 6 heteroatoms. The summed E-state index contributed by atoms with van der Waals surface area (Å²) in [5.74, 6) is 0.443. The molecule has 32 heavy (non-hydrogen) atoms. The Kier molecular flexibility index (Phi) is 6.54. The van der Waals surface area contributed by atoms with Crippen LogP contribution in [0.5, 0.6) is 5.75 Å². The van der Waals surface area contributed by atoms with Gasteiger partial charge in [0.15, 0.2) is 0 Å². The summed E-state index contributed by atoms with van der Waals surface area (Å²) in [4.78, 5) is 12.5. The maximum Gasteiger partial charge on any atom is 0.244 e. The molecule has 4 rings (SSSR count). The van der Waals surface area contributed by atoms with Crippen molar-refractivity contribution in [3.63, 3.8) is 0 Å². The molecule has 0 aliphatic carbocycles. The number of hydrogen-bond acceptors (Lipinski definition) is 3. The van der Waals surface area contributed by atoms with Crippen LogP contribution in [0.25, 0.3) is 27.7 Å². The zero-order valence-electron chi connectivity index (χ0n) is 17.6. The highest BCUT2D eigenvalue weighted by Crippen LogP contribution is 2.37. The zero-order chi connectivity index (χ0) is 22.7. The van der Waals surface area contributed by atoms with E-state index >= 15 is 0 Å². The van der Waals surface area contributed by atoms with E-state index in [-0.39, 0.29) is 5.91 Å². The highest BCUT2D eigenvalue weighted by Gasteiger charge is 2.15. The van der Waals surface area contributed by atoms with Gasteiger partial charge in [-0.05, 0) is 54.0 Å². The number of carbonyl (C=O) groups is 1. The van der Waals surface area contributed by atoms with Crippen LogP contribution >= 0.6 is 23.2 Å². The third kappa shape index (κ3) is 4.82. The number of rotatable bonds is 6. The molecular weight excluding hydrogens is 445 g/mol. The largest absolute Gasteiger partial charge is 0.496 e. The summed E-state index contributed by atoms with van der Waals surface area (Å²) in [6, 6.07) is 18.8. The van der Waals surface area contributed by atoms with Crippen molar-refractivity contribution in [3.05, 3.63) is 94.2 Å². The van der Waals surface area contributed by atoms with Gasteiger partial charge in [-0.15, -0.1) is 0 Å². The molecule has 0 saturated heterocycles. The van der Waals surface area contributed by atoms with Crippen molar-refractivity contribution < 1.29 is 13.9 Å². The van der Waals surface area contributed by atoms with Gasteiger partial charge in [-0.3, -0.25) is 4.79 Å². The highest BCUT2D eigenvalue weighted by atomic mass is 35.5. The van der Waals surface area contributed by atoms with Gasteiger partial charge in [-0.2, -0.15) is 0 Å². The number of halogens is 2. The molecule has 0 aliphatic rings. The van der Waals surface area contributed by atoms with Gasteiger partial charge < -0.3 is 14.5 Å². The van der Waals surface area contributed by atoms with Gasteiger partial charge in [0.25, 0.3) is 0 Å². The monoisotopic (exact) mass is 465 g/mol. The lowest BCUT2D eigenvalue weighted by molar-refractivity contribution is -0.116. The predicted octanol–water partition coefficient (Wildman–Crippen LogP) is 7.13. The quantitative estimate of drug-likeness (QED) is 0.308. The first-order valence-electron chi connectivity index (χ1n) is 10.0. The average molecular weight is 466 g/mol. The van der Waals surface area contributed by atoms with Gasteiger partial charge in [0.05, 0.1) is 13.4 Å². The van der Waals surface area contributed by atoms with Crippen LogP contribution in [0.4, 0.5) is 0 Å². The topological polar surface area (TPSA) is 51.5 Å². The van der Waals surface area contributed by atoms with Crippen LogP contribution < -0.4 is 10.1 Å². The van der Waals surface area contributed by atoms with E-state index < -0.39 is 0 Å². The lowest BCUT2D eigenvalue weighted by Gasteiger charge is -2.10. The Bertz CT molecular complexity index is 1290. The third-order valence-electron chi connectivity index (χ3n) is 5.20. The summed E-state index contributed by atoms with van der Waals surface area (Å²) in [5.41, 5.74) is 5.21. The number of furan rings is 1. The normalized spacial score (nSPS) is 11.6. The van der Waals surface area contributed by atoms with E-state index in [0.29, 0.717) is 27.9 Å². The molecule has 3 aromatic carbocycles. The van der Waals surface area contributed by atoms with Crippen LogP contribution in [0, 0.1) is 0 Å². The second kappa shape index (κ2) is 9.51. The smallest absolute Gasteiger partial charge is 0.244 e. The number of carbonyl (C=O) groups excluding carboxylic acids is 1. The fourth-order valence-corrected chi connectivity index (χ4v) is 3.75. The molecule has 0 saturated carbocycles. The summed E-state index contributed by atoms with van der Waals surface area (Å²) in [6.07, 6.45) is 3.29. The molecule has 0 unspecified atom stereocenters. The Morgan fingerprint density at radius 2 is 1.69 bits per heavy atom. The molecule has 0 spiro atoms. The molecule has 1 heterocycles. The summed E-state index contributed by atoms with van der Waals surface area (Å²) in [7, 11) is 1.60. The minimum absolute atomic E-state index is 0.190. The molecule has 1 aromatic heterocycles. The fraction of sp³-hybridized carbons (Fsp3) is 0.115. The van der Waals surface area contributed by atoms with E-state index in [1.807, 2.05) is 55.5 Å². The molecule has 1 amide bonds. The summed E-state index contributed by atoms with van der Waals surface area (Å²) in [6.45, 7) is 2.30. The molecule has 0 fully saturated rings. The van der Waals surface area contributed by atoms with Gasteiger partial charge >= 0.3 is 0 Å². The van der Waals surface area contributed by atoms with Gasteiger partial charge in [0.2, 0.25) is 5.91 Å². The molecule has 0 aliphatic heterocycles. The maximum atomic E-state index is 12.5. The standard InChI is InChI=1S/C26H21Cl2NO3/c1-16(11-26(30)29-14-17-3-7-19(27)8-4-17)21-12-22-23(18-5-9-20(28)10-6-18)15-32-25(22)13-24(21)31-2/h3-13,15H,14H2,1-2H3,(H,29,30)/b16-11+. The van der Waals surface area contributed by atoms with E-state index in [2.05, 4.69) is 5.32 Å². The number of nitrogens with one attached hydrogen (secondary N) is 1. The SMILES string of the molecule is COc1cc2occ(-c3ccc(Cl)cc3)c2cc1/C(C)=C/C(=O)NCc1ccc(Cl)cc1. The number of hydrogen-bond donors (Lipinski definition) is 1.